The van der Waals surface area contributed by atoms with Gasteiger partial charge < -0.3 is 9.67 Å². The number of carboxylic acid groups (broad SMARTS) is 1. The van der Waals surface area contributed by atoms with Gasteiger partial charge in [0.2, 0.25) is 0 Å². The van der Waals surface area contributed by atoms with E-state index in [4.69, 9.17) is 0 Å². The Labute approximate surface area is 124 Å². The number of aromatic carboxylic acids is 1. The number of Topliss-reactive ketones (excluding diaryl/α,β-unsaturated/α-hetero) is 1. The van der Waals surface area contributed by atoms with E-state index in [1.54, 1.807) is 12.3 Å². The molecule has 21 heavy (non-hydrogen) atoms. The Morgan fingerprint density at radius 1 is 1.24 bits per heavy atom. The van der Waals surface area contributed by atoms with Gasteiger partial charge in [0.05, 0.1) is 11.1 Å². The van der Waals surface area contributed by atoms with Gasteiger partial charge in [-0.05, 0) is 37.0 Å². The number of fused-ring (bicyclic) bond motifs is 1. The van der Waals surface area contributed by atoms with E-state index in [0.717, 1.165) is 17.4 Å². The van der Waals surface area contributed by atoms with Crippen molar-refractivity contribution >= 4 is 22.7 Å². The van der Waals surface area contributed by atoms with Crippen LogP contribution in [0.4, 0.5) is 0 Å². The fourth-order valence-corrected chi connectivity index (χ4v) is 2.66. The van der Waals surface area contributed by atoms with Gasteiger partial charge in [-0.1, -0.05) is 20.8 Å². The van der Waals surface area contributed by atoms with E-state index >= 15 is 0 Å². The molecule has 0 fully saturated rings. The van der Waals surface area contributed by atoms with Gasteiger partial charge in [0, 0.05) is 23.7 Å². The SMILES string of the molecule is CCCn1cc(C(C)=O)c2cc(C(C)C)cc(C(=O)O)c21. The van der Waals surface area contributed by atoms with Crippen molar-refractivity contribution in [3.63, 3.8) is 0 Å². The monoisotopic (exact) mass is 287 g/mol. The van der Waals surface area contributed by atoms with Crippen LogP contribution in [0.25, 0.3) is 10.9 Å². The highest BCUT2D eigenvalue weighted by Gasteiger charge is 2.20. The van der Waals surface area contributed by atoms with Crippen molar-refractivity contribution in [1.82, 2.24) is 4.57 Å². The quantitative estimate of drug-likeness (QED) is 0.843. The largest absolute Gasteiger partial charge is 0.478 e. The summed E-state index contributed by atoms with van der Waals surface area (Å²) in [5.74, 6) is -0.776. The van der Waals surface area contributed by atoms with Crippen LogP contribution in [-0.2, 0) is 6.54 Å². The van der Waals surface area contributed by atoms with Gasteiger partial charge >= 0.3 is 5.97 Å². The fraction of sp³-hybridized carbons (Fsp3) is 0.412. The lowest BCUT2D eigenvalue weighted by Crippen LogP contribution is -2.04. The zero-order valence-corrected chi connectivity index (χ0v) is 12.9. The molecule has 1 aromatic heterocycles. The van der Waals surface area contributed by atoms with Gasteiger partial charge in [0.15, 0.2) is 5.78 Å². The van der Waals surface area contributed by atoms with E-state index < -0.39 is 5.97 Å². The molecule has 0 aliphatic rings. The van der Waals surface area contributed by atoms with E-state index in [-0.39, 0.29) is 17.3 Å². The summed E-state index contributed by atoms with van der Waals surface area (Å²) in [6, 6.07) is 3.68. The first kappa shape index (κ1) is 15.3. The summed E-state index contributed by atoms with van der Waals surface area (Å²) in [7, 11) is 0. The lowest BCUT2D eigenvalue weighted by Gasteiger charge is -2.11. The molecule has 4 heteroatoms. The third-order valence-corrected chi connectivity index (χ3v) is 3.74. The molecule has 1 N–H and O–H groups in total. The molecule has 112 valence electrons. The first-order valence-electron chi connectivity index (χ1n) is 7.27. The molecule has 2 rings (SSSR count). The molecule has 0 unspecified atom stereocenters. The Kier molecular flexibility index (Phi) is 4.16. The van der Waals surface area contributed by atoms with Crippen LogP contribution in [0.3, 0.4) is 0 Å². The summed E-state index contributed by atoms with van der Waals surface area (Å²) >= 11 is 0. The highest BCUT2D eigenvalue weighted by Crippen LogP contribution is 2.30. The second kappa shape index (κ2) is 5.72. The average Bonchev–Trinajstić information content (AvgIpc) is 2.77. The topological polar surface area (TPSA) is 59.3 Å². The van der Waals surface area contributed by atoms with Crippen molar-refractivity contribution in [2.45, 2.75) is 46.6 Å². The number of nitrogens with zero attached hydrogens (tertiary/aromatic N) is 1. The molecule has 1 heterocycles. The van der Waals surface area contributed by atoms with Gasteiger partial charge in [0.25, 0.3) is 0 Å². The van der Waals surface area contributed by atoms with Crippen molar-refractivity contribution in [2.24, 2.45) is 0 Å². The predicted octanol–water partition coefficient (Wildman–Crippen LogP) is 4.08. The molecule has 0 bridgehead atoms. The summed E-state index contributed by atoms with van der Waals surface area (Å²) in [6.45, 7) is 8.29. The van der Waals surface area contributed by atoms with E-state index in [1.165, 1.54) is 6.92 Å². The minimum atomic E-state index is -0.951. The molecule has 0 atom stereocenters. The third-order valence-electron chi connectivity index (χ3n) is 3.74. The van der Waals surface area contributed by atoms with Crippen LogP contribution in [0.5, 0.6) is 0 Å². The van der Waals surface area contributed by atoms with Gasteiger partial charge in [-0.2, -0.15) is 0 Å². The highest BCUT2D eigenvalue weighted by atomic mass is 16.4. The molecule has 0 saturated heterocycles. The maximum Gasteiger partial charge on any atom is 0.337 e. The Morgan fingerprint density at radius 3 is 2.38 bits per heavy atom. The van der Waals surface area contributed by atoms with Crippen LogP contribution < -0.4 is 0 Å². The van der Waals surface area contributed by atoms with Crippen molar-refractivity contribution < 1.29 is 14.7 Å². The van der Waals surface area contributed by atoms with Crippen LogP contribution in [0.2, 0.25) is 0 Å². The van der Waals surface area contributed by atoms with Gasteiger partial charge in [-0.15, -0.1) is 0 Å². The number of hydrogen-bond acceptors (Lipinski definition) is 2. The van der Waals surface area contributed by atoms with E-state index in [1.807, 2.05) is 31.4 Å². The zero-order valence-electron chi connectivity index (χ0n) is 12.9. The van der Waals surface area contributed by atoms with Crippen LogP contribution in [0, 0.1) is 0 Å². The molecule has 4 nitrogen and oxygen atoms in total. The van der Waals surface area contributed by atoms with Crippen LogP contribution >= 0.6 is 0 Å². The fourth-order valence-electron chi connectivity index (χ4n) is 2.66. The highest BCUT2D eigenvalue weighted by molar-refractivity contribution is 6.12. The molecule has 2 aromatic rings. The summed E-state index contributed by atoms with van der Waals surface area (Å²) in [5.41, 5.74) is 2.47. The van der Waals surface area contributed by atoms with Crippen LogP contribution in [-0.4, -0.2) is 21.4 Å². The standard InChI is InChI=1S/C17H21NO3/c1-5-6-18-9-15(11(4)19)13-7-12(10(2)3)8-14(16(13)18)17(20)21/h7-10H,5-6H2,1-4H3,(H,20,21). The second-order valence-corrected chi connectivity index (χ2v) is 5.72. The molecule has 0 spiro atoms. The Balaban J connectivity index is 2.89. The normalized spacial score (nSPS) is 11.3. The summed E-state index contributed by atoms with van der Waals surface area (Å²) in [5, 5.41) is 10.3. The van der Waals surface area contributed by atoms with Crippen LogP contribution in [0.1, 0.15) is 66.3 Å². The van der Waals surface area contributed by atoms with Gasteiger partial charge in [-0.25, -0.2) is 4.79 Å². The van der Waals surface area contributed by atoms with E-state index in [2.05, 4.69) is 0 Å². The number of hydrogen-bond donors (Lipinski definition) is 1. The molecular formula is C17H21NO3. The first-order chi connectivity index (χ1) is 9.86. The number of aryl methyl sites for hydroxylation is 1. The van der Waals surface area contributed by atoms with Gasteiger partial charge in [0.1, 0.15) is 0 Å². The number of aromatic nitrogens is 1. The summed E-state index contributed by atoms with van der Waals surface area (Å²) in [4.78, 5) is 23.5. The molecule has 0 aliphatic heterocycles. The smallest absolute Gasteiger partial charge is 0.337 e. The predicted molar refractivity (Wildman–Crippen MR) is 83.3 cm³/mol. The summed E-state index contributed by atoms with van der Waals surface area (Å²) in [6.07, 6.45) is 2.67. The third kappa shape index (κ3) is 2.71. The second-order valence-electron chi connectivity index (χ2n) is 5.72. The maximum absolute atomic E-state index is 11.9. The minimum Gasteiger partial charge on any atom is -0.478 e. The number of rotatable bonds is 5. The average molecular weight is 287 g/mol. The van der Waals surface area contributed by atoms with Gasteiger partial charge in [-0.3, -0.25) is 4.79 Å². The van der Waals surface area contributed by atoms with Crippen molar-refractivity contribution in [1.29, 1.82) is 0 Å². The van der Waals surface area contributed by atoms with E-state index in [0.29, 0.717) is 17.6 Å². The maximum atomic E-state index is 11.9. The number of ketones is 1. The number of carboxylic acids is 1. The first-order valence-corrected chi connectivity index (χ1v) is 7.27. The zero-order chi connectivity index (χ0) is 15.7. The lowest BCUT2D eigenvalue weighted by atomic mass is 9.96. The van der Waals surface area contributed by atoms with Crippen molar-refractivity contribution in [3.8, 4) is 0 Å². The number of carbonyl (C=O) groups excluding carboxylic acids is 1. The van der Waals surface area contributed by atoms with Crippen molar-refractivity contribution in [3.05, 3.63) is 35.0 Å². The number of benzene rings is 1. The van der Waals surface area contributed by atoms with Crippen LogP contribution in [0.15, 0.2) is 18.3 Å². The molecule has 0 amide bonds. The molecule has 0 radical (unpaired) electrons. The summed E-state index contributed by atoms with van der Waals surface area (Å²) < 4.78 is 1.89. The Hall–Kier alpha value is -2.10. The Morgan fingerprint density at radius 2 is 1.90 bits per heavy atom. The minimum absolute atomic E-state index is 0.0351. The van der Waals surface area contributed by atoms with E-state index in [9.17, 15) is 14.7 Å². The Bertz CT molecular complexity index is 710. The molecular weight excluding hydrogens is 266 g/mol. The molecule has 0 aliphatic carbocycles. The van der Waals surface area contributed by atoms with Crippen molar-refractivity contribution in [2.75, 3.05) is 0 Å². The molecule has 0 saturated carbocycles. The number of carbonyl (C=O) groups is 2. The molecule has 1 aromatic carbocycles. The lowest BCUT2D eigenvalue weighted by molar-refractivity contribution is 0.0698.